The molecule has 1 unspecified atom stereocenters. The van der Waals surface area contributed by atoms with Gasteiger partial charge in [-0.1, -0.05) is 30.3 Å². The van der Waals surface area contributed by atoms with Gasteiger partial charge >= 0.3 is 6.18 Å². The maximum atomic E-state index is 13.7. The zero-order chi connectivity index (χ0) is 20.6. The lowest BCUT2D eigenvalue weighted by Crippen LogP contribution is -2.41. The number of amides is 1. The van der Waals surface area contributed by atoms with Crippen molar-refractivity contribution in [2.45, 2.75) is 19.0 Å². The summed E-state index contributed by atoms with van der Waals surface area (Å²) in [7, 11) is 0. The quantitative estimate of drug-likeness (QED) is 0.728. The molecule has 1 aliphatic rings. The van der Waals surface area contributed by atoms with E-state index in [9.17, 15) is 23.1 Å². The smallest absolute Gasteiger partial charge is 0.396 e. The molecule has 3 heterocycles. The van der Waals surface area contributed by atoms with Gasteiger partial charge in [-0.15, -0.1) is 0 Å². The Hall–Kier alpha value is -2.94. The second-order valence-electron chi connectivity index (χ2n) is 7.13. The maximum absolute atomic E-state index is 13.7. The van der Waals surface area contributed by atoms with Crippen LogP contribution in [-0.2, 0) is 6.18 Å². The molecule has 1 fully saturated rings. The van der Waals surface area contributed by atoms with E-state index < -0.39 is 17.8 Å². The van der Waals surface area contributed by atoms with Crippen molar-refractivity contribution in [2.75, 3.05) is 19.7 Å². The lowest BCUT2D eigenvalue weighted by atomic mass is 9.99. The molecule has 0 radical (unpaired) electrons. The number of fused-ring (bicyclic) bond motifs is 1. The van der Waals surface area contributed by atoms with Gasteiger partial charge in [-0.2, -0.15) is 18.3 Å². The number of rotatable bonds is 3. The monoisotopic (exact) mass is 404 g/mol. The molecule has 152 valence electrons. The molecule has 6 nitrogen and oxygen atoms in total. The highest BCUT2D eigenvalue weighted by molar-refractivity contribution is 5.93. The van der Waals surface area contributed by atoms with Crippen molar-refractivity contribution in [1.29, 1.82) is 0 Å². The van der Waals surface area contributed by atoms with Crippen LogP contribution in [0.1, 0.15) is 29.0 Å². The molecule has 0 bridgehead atoms. The normalized spacial score (nSPS) is 17.7. The molecular weight excluding hydrogens is 385 g/mol. The summed E-state index contributed by atoms with van der Waals surface area (Å²) >= 11 is 0. The second kappa shape index (κ2) is 7.47. The summed E-state index contributed by atoms with van der Waals surface area (Å²) in [6, 6.07) is 10.8. The fraction of sp³-hybridized carbons (Fsp3) is 0.350. The average molecular weight is 404 g/mol. The van der Waals surface area contributed by atoms with Gasteiger partial charge in [0.2, 0.25) is 0 Å². The number of alkyl halides is 3. The molecule has 2 aromatic heterocycles. The largest absolute Gasteiger partial charge is 0.433 e. The van der Waals surface area contributed by atoms with E-state index in [1.807, 2.05) is 0 Å². The van der Waals surface area contributed by atoms with Crippen LogP contribution >= 0.6 is 0 Å². The van der Waals surface area contributed by atoms with Crippen molar-refractivity contribution in [1.82, 2.24) is 19.5 Å². The Bertz CT molecular complexity index is 1030. The second-order valence-corrected chi connectivity index (χ2v) is 7.13. The molecule has 0 saturated carbocycles. The first-order chi connectivity index (χ1) is 13.9. The van der Waals surface area contributed by atoms with Crippen LogP contribution < -0.4 is 0 Å². The van der Waals surface area contributed by atoms with Crippen LogP contribution in [0.3, 0.4) is 0 Å². The first-order valence-corrected chi connectivity index (χ1v) is 9.30. The lowest BCUT2D eigenvalue weighted by Gasteiger charge is -2.31. The van der Waals surface area contributed by atoms with Crippen molar-refractivity contribution in [3.63, 3.8) is 0 Å². The van der Waals surface area contributed by atoms with Gasteiger partial charge in [-0.3, -0.25) is 4.79 Å². The number of carbonyl (C=O) groups is 1. The summed E-state index contributed by atoms with van der Waals surface area (Å²) in [6.45, 7) is 0.811. The molecule has 1 atom stereocenters. The number of aliphatic hydroxyl groups is 1. The van der Waals surface area contributed by atoms with Gasteiger partial charge in [0.25, 0.3) is 5.91 Å². The molecule has 1 saturated heterocycles. The SMILES string of the molecule is O=C(c1cc2nc(-c3ccccc3)cc(C(F)(F)F)n2n1)N1CCCC(CO)C1. The third-order valence-electron chi connectivity index (χ3n) is 5.07. The van der Waals surface area contributed by atoms with Crippen molar-refractivity contribution in [2.24, 2.45) is 5.92 Å². The summed E-state index contributed by atoms with van der Waals surface area (Å²) in [5.74, 6) is -0.485. The minimum atomic E-state index is -4.66. The maximum Gasteiger partial charge on any atom is 0.433 e. The number of halogens is 3. The molecule has 1 amide bonds. The molecule has 9 heteroatoms. The van der Waals surface area contributed by atoms with E-state index in [1.54, 1.807) is 30.3 Å². The Morgan fingerprint density at radius 1 is 1.21 bits per heavy atom. The zero-order valence-corrected chi connectivity index (χ0v) is 15.4. The van der Waals surface area contributed by atoms with E-state index in [2.05, 4.69) is 10.1 Å². The zero-order valence-electron chi connectivity index (χ0n) is 15.4. The van der Waals surface area contributed by atoms with Gasteiger partial charge in [0.15, 0.2) is 17.0 Å². The lowest BCUT2D eigenvalue weighted by molar-refractivity contribution is -0.142. The minimum Gasteiger partial charge on any atom is -0.396 e. The van der Waals surface area contributed by atoms with Crippen LogP contribution in [0, 0.1) is 5.92 Å². The standard InChI is InChI=1S/C20H19F3N4O2/c21-20(22,23)17-9-15(14-6-2-1-3-7-14)24-18-10-16(25-27(17)18)19(29)26-8-4-5-13(11-26)12-28/h1-3,6-7,9-10,13,28H,4-5,8,11-12H2. The highest BCUT2D eigenvalue weighted by Crippen LogP contribution is 2.32. The van der Waals surface area contributed by atoms with Crippen LogP contribution in [0.2, 0.25) is 0 Å². The number of benzene rings is 1. The molecule has 3 aromatic rings. The minimum absolute atomic E-state index is 0.0294. The van der Waals surface area contributed by atoms with Gasteiger partial charge < -0.3 is 10.0 Å². The van der Waals surface area contributed by atoms with Crippen LogP contribution in [0.15, 0.2) is 42.5 Å². The molecule has 0 aliphatic carbocycles. The predicted molar refractivity (Wildman–Crippen MR) is 99.1 cm³/mol. The average Bonchev–Trinajstić information content (AvgIpc) is 3.16. The Morgan fingerprint density at radius 2 is 1.97 bits per heavy atom. The Labute approximate surface area is 164 Å². The number of aliphatic hydroxyl groups excluding tert-OH is 1. The third-order valence-corrected chi connectivity index (χ3v) is 5.07. The summed E-state index contributed by atoms with van der Waals surface area (Å²) in [5, 5.41) is 13.3. The van der Waals surface area contributed by atoms with E-state index in [-0.39, 0.29) is 29.6 Å². The molecule has 0 spiro atoms. The van der Waals surface area contributed by atoms with E-state index in [0.29, 0.717) is 23.2 Å². The number of nitrogens with zero attached hydrogens (tertiary/aromatic N) is 4. The number of hydrogen-bond donors (Lipinski definition) is 1. The van der Waals surface area contributed by atoms with E-state index in [4.69, 9.17) is 0 Å². The summed E-state index contributed by atoms with van der Waals surface area (Å²) in [5.41, 5.74) is -0.434. The van der Waals surface area contributed by atoms with E-state index in [0.717, 1.165) is 18.9 Å². The summed E-state index contributed by atoms with van der Waals surface area (Å²) in [4.78, 5) is 18.6. The van der Waals surface area contributed by atoms with Crippen LogP contribution in [0.25, 0.3) is 16.9 Å². The first-order valence-electron chi connectivity index (χ1n) is 9.30. The van der Waals surface area contributed by atoms with Gasteiger partial charge in [-0.05, 0) is 24.8 Å². The summed E-state index contributed by atoms with van der Waals surface area (Å²) in [6.07, 6.45) is -3.12. The molecule has 1 aliphatic heterocycles. The van der Waals surface area contributed by atoms with Gasteiger partial charge in [0.1, 0.15) is 0 Å². The number of aromatic nitrogens is 3. The predicted octanol–water partition coefficient (Wildman–Crippen LogP) is 3.26. The van der Waals surface area contributed by atoms with Crippen LogP contribution in [-0.4, -0.2) is 50.2 Å². The number of likely N-dealkylation sites (tertiary alicyclic amines) is 1. The first kappa shape index (κ1) is 19.4. The topological polar surface area (TPSA) is 70.7 Å². The van der Waals surface area contributed by atoms with Crippen molar-refractivity contribution >= 4 is 11.6 Å². The summed E-state index contributed by atoms with van der Waals surface area (Å²) < 4.78 is 41.7. The van der Waals surface area contributed by atoms with Gasteiger partial charge in [0.05, 0.1) is 5.69 Å². The van der Waals surface area contributed by atoms with Crippen molar-refractivity contribution in [3.05, 3.63) is 53.9 Å². The van der Waals surface area contributed by atoms with Crippen molar-refractivity contribution < 1.29 is 23.1 Å². The molecule has 4 rings (SSSR count). The Morgan fingerprint density at radius 3 is 2.66 bits per heavy atom. The third kappa shape index (κ3) is 3.82. The highest BCUT2D eigenvalue weighted by Gasteiger charge is 2.36. The van der Waals surface area contributed by atoms with Crippen molar-refractivity contribution in [3.8, 4) is 11.3 Å². The van der Waals surface area contributed by atoms with Gasteiger partial charge in [0, 0.05) is 31.3 Å². The molecule has 29 heavy (non-hydrogen) atoms. The highest BCUT2D eigenvalue weighted by atomic mass is 19.4. The number of carbonyl (C=O) groups excluding carboxylic acids is 1. The van der Waals surface area contributed by atoms with E-state index >= 15 is 0 Å². The number of piperidine rings is 1. The van der Waals surface area contributed by atoms with Crippen LogP contribution in [0.4, 0.5) is 13.2 Å². The fourth-order valence-corrected chi connectivity index (χ4v) is 3.60. The molecular formula is C20H19F3N4O2. The fourth-order valence-electron chi connectivity index (χ4n) is 3.60. The van der Waals surface area contributed by atoms with Gasteiger partial charge in [-0.25, -0.2) is 9.50 Å². The molecule has 1 N–H and O–H groups in total. The Kier molecular flexibility index (Phi) is 4.99. The Balaban J connectivity index is 1.77. The van der Waals surface area contributed by atoms with E-state index in [1.165, 1.54) is 11.0 Å². The molecule has 1 aromatic carbocycles. The van der Waals surface area contributed by atoms with Crippen LogP contribution in [0.5, 0.6) is 0 Å². The number of hydrogen-bond acceptors (Lipinski definition) is 4.